The average molecular weight is 413 g/mol. The molecule has 3 heterocycles. The highest BCUT2D eigenvalue weighted by Crippen LogP contribution is 2.36. The number of hydrogen-bond acceptors (Lipinski definition) is 6. The molecule has 1 amide bonds. The van der Waals surface area contributed by atoms with Gasteiger partial charge in [0.2, 0.25) is 18.5 Å². The Hall–Kier alpha value is -3.49. The fourth-order valence-electron chi connectivity index (χ4n) is 3.72. The van der Waals surface area contributed by atoms with Crippen LogP contribution in [0, 0.1) is 11.6 Å². The van der Waals surface area contributed by atoms with Crippen LogP contribution in [-0.4, -0.2) is 40.8 Å². The van der Waals surface area contributed by atoms with Crippen LogP contribution in [0.3, 0.4) is 0 Å². The lowest BCUT2D eigenvalue weighted by molar-refractivity contribution is 0.0699. The number of halogens is 2. The minimum Gasteiger partial charge on any atom is -0.454 e. The Morgan fingerprint density at radius 1 is 1.03 bits per heavy atom. The van der Waals surface area contributed by atoms with Gasteiger partial charge in [-0.1, -0.05) is 5.16 Å². The Bertz CT molecular complexity index is 1110. The Labute approximate surface area is 170 Å². The number of likely N-dealkylation sites (tertiary alicyclic amines) is 1. The molecule has 1 aromatic heterocycles. The van der Waals surface area contributed by atoms with Gasteiger partial charge < -0.3 is 18.9 Å². The van der Waals surface area contributed by atoms with Crippen LogP contribution in [0.4, 0.5) is 8.78 Å². The number of aromatic nitrogens is 2. The molecular formula is C21H17F2N3O4. The zero-order chi connectivity index (χ0) is 20.7. The standard InChI is InChI=1S/C21H17F2N3O4/c22-14-2-3-15(16(23)10-14)21(27)26-7-5-12(6-8-26)20-24-19(25-30-20)13-1-4-17-18(9-13)29-11-28-17/h1-4,9-10,12H,5-8,11H2. The molecule has 0 atom stereocenters. The first-order valence-electron chi connectivity index (χ1n) is 9.56. The molecule has 0 N–H and O–H groups in total. The third-order valence-electron chi connectivity index (χ3n) is 5.37. The van der Waals surface area contributed by atoms with E-state index in [2.05, 4.69) is 10.1 Å². The lowest BCUT2D eigenvalue weighted by Crippen LogP contribution is -2.38. The molecule has 3 aromatic rings. The molecule has 1 fully saturated rings. The van der Waals surface area contributed by atoms with E-state index in [1.54, 1.807) is 17.0 Å². The third-order valence-corrected chi connectivity index (χ3v) is 5.37. The smallest absolute Gasteiger partial charge is 0.256 e. The first-order valence-corrected chi connectivity index (χ1v) is 9.56. The Morgan fingerprint density at radius 2 is 1.83 bits per heavy atom. The van der Waals surface area contributed by atoms with Crippen LogP contribution in [0.2, 0.25) is 0 Å². The molecule has 2 aliphatic heterocycles. The van der Waals surface area contributed by atoms with E-state index < -0.39 is 17.5 Å². The molecule has 1 saturated heterocycles. The molecule has 5 rings (SSSR count). The van der Waals surface area contributed by atoms with Crippen LogP contribution >= 0.6 is 0 Å². The van der Waals surface area contributed by atoms with E-state index in [4.69, 9.17) is 14.0 Å². The SMILES string of the molecule is O=C(c1ccc(F)cc1F)N1CCC(c2nc(-c3ccc4c(c3)OCO4)no2)CC1. The number of nitrogens with zero attached hydrogens (tertiary/aromatic N) is 3. The molecule has 30 heavy (non-hydrogen) atoms. The van der Waals surface area contributed by atoms with Crippen molar-refractivity contribution >= 4 is 5.91 Å². The Morgan fingerprint density at radius 3 is 2.63 bits per heavy atom. The summed E-state index contributed by atoms with van der Waals surface area (Å²) in [5.74, 6) is 0.262. The van der Waals surface area contributed by atoms with E-state index in [1.807, 2.05) is 6.07 Å². The van der Waals surface area contributed by atoms with Gasteiger partial charge in [0.25, 0.3) is 5.91 Å². The molecule has 0 aliphatic carbocycles. The second-order valence-electron chi connectivity index (χ2n) is 7.21. The van der Waals surface area contributed by atoms with E-state index in [0.29, 0.717) is 49.1 Å². The van der Waals surface area contributed by atoms with Crippen molar-refractivity contribution in [2.45, 2.75) is 18.8 Å². The van der Waals surface area contributed by atoms with Crippen molar-refractivity contribution in [3.8, 4) is 22.9 Å². The summed E-state index contributed by atoms with van der Waals surface area (Å²) in [4.78, 5) is 18.6. The molecule has 0 unspecified atom stereocenters. The van der Waals surface area contributed by atoms with Gasteiger partial charge in [0.15, 0.2) is 11.5 Å². The number of ether oxygens (including phenoxy) is 2. The van der Waals surface area contributed by atoms with Gasteiger partial charge in [-0.25, -0.2) is 8.78 Å². The van der Waals surface area contributed by atoms with Crippen molar-refractivity contribution in [2.24, 2.45) is 0 Å². The summed E-state index contributed by atoms with van der Waals surface area (Å²) in [6.45, 7) is 1.03. The second kappa shape index (κ2) is 7.40. The first-order chi connectivity index (χ1) is 14.6. The van der Waals surface area contributed by atoms with E-state index >= 15 is 0 Å². The van der Waals surface area contributed by atoms with E-state index in [9.17, 15) is 13.6 Å². The zero-order valence-electron chi connectivity index (χ0n) is 15.8. The fraction of sp³-hybridized carbons (Fsp3) is 0.286. The van der Waals surface area contributed by atoms with Crippen molar-refractivity contribution in [3.05, 3.63) is 59.5 Å². The maximum Gasteiger partial charge on any atom is 0.256 e. The molecule has 154 valence electrons. The summed E-state index contributed by atoms with van der Waals surface area (Å²) in [6, 6.07) is 8.41. The quantitative estimate of drug-likeness (QED) is 0.651. The van der Waals surface area contributed by atoms with E-state index in [0.717, 1.165) is 17.7 Å². The van der Waals surface area contributed by atoms with Crippen molar-refractivity contribution in [3.63, 3.8) is 0 Å². The molecule has 0 spiro atoms. The molecule has 2 aliphatic rings. The molecule has 0 saturated carbocycles. The Balaban J connectivity index is 1.25. The van der Waals surface area contributed by atoms with Gasteiger partial charge in [-0.2, -0.15) is 4.98 Å². The van der Waals surface area contributed by atoms with Crippen LogP contribution in [-0.2, 0) is 0 Å². The van der Waals surface area contributed by atoms with Gasteiger partial charge in [-0.15, -0.1) is 0 Å². The molecule has 0 radical (unpaired) electrons. The number of rotatable bonds is 3. The van der Waals surface area contributed by atoms with E-state index in [-0.39, 0.29) is 18.3 Å². The highest BCUT2D eigenvalue weighted by atomic mass is 19.1. The number of amides is 1. The van der Waals surface area contributed by atoms with Crippen molar-refractivity contribution in [2.75, 3.05) is 19.9 Å². The average Bonchev–Trinajstić information content (AvgIpc) is 3.42. The molecule has 2 aromatic carbocycles. The lowest BCUT2D eigenvalue weighted by atomic mass is 9.96. The van der Waals surface area contributed by atoms with Crippen LogP contribution in [0.25, 0.3) is 11.4 Å². The predicted molar refractivity (Wildman–Crippen MR) is 100 cm³/mol. The third kappa shape index (κ3) is 3.36. The van der Waals surface area contributed by atoms with Gasteiger partial charge in [0.1, 0.15) is 11.6 Å². The van der Waals surface area contributed by atoms with Gasteiger partial charge in [-0.3, -0.25) is 4.79 Å². The number of benzene rings is 2. The molecular weight excluding hydrogens is 396 g/mol. The summed E-state index contributed by atoms with van der Waals surface area (Å²) >= 11 is 0. The summed E-state index contributed by atoms with van der Waals surface area (Å²) in [5.41, 5.74) is 0.631. The summed E-state index contributed by atoms with van der Waals surface area (Å²) in [5, 5.41) is 4.06. The van der Waals surface area contributed by atoms with Crippen LogP contribution in [0.1, 0.15) is 35.0 Å². The molecule has 0 bridgehead atoms. The van der Waals surface area contributed by atoms with Crippen LogP contribution in [0.15, 0.2) is 40.9 Å². The first kappa shape index (κ1) is 18.5. The number of hydrogen-bond donors (Lipinski definition) is 0. The molecule has 9 heteroatoms. The van der Waals surface area contributed by atoms with Crippen LogP contribution < -0.4 is 9.47 Å². The summed E-state index contributed by atoms with van der Waals surface area (Å²) in [6.07, 6.45) is 1.22. The largest absolute Gasteiger partial charge is 0.454 e. The second-order valence-corrected chi connectivity index (χ2v) is 7.21. The summed E-state index contributed by atoms with van der Waals surface area (Å²) < 4.78 is 43.1. The van der Waals surface area contributed by atoms with Crippen molar-refractivity contribution in [1.82, 2.24) is 15.0 Å². The highest BCUT2D eigenvalue weighted by molar-refractivity contribution is 5.94. The minimum absolute atomic E-state index is 0.00220. The monoisotopic (exact) mass is 413 g/mol. The topological polar surface area (TPSA) is 77.7 Å². The summed E-state index contributed by atoms with van der Waals surface area (Å²) in [7, 11) is 0. The predicted octanol–water partition coefficient (Wildman–Crippen LogP) is 3.76. The van der Waals surface area contributed by atoms with Crippen molar-refractivity contribution < 1.29 is 27.6 Å². The van der Waals surface area contributed by atoms with E-state index in [1.165, 1.54) is 6.07 Å². The van der Waals surface area contributed by atoms with Crippen LogP contribution in [0.5, 0.6) is 11.5 Å². The van der Waals surface area contributed by atoms with Gasteiger partial charge in [0, 0.05) is 30.6 Å². The number of carbonyl (C=O) groups is 1. The highest BCUT2D eigenvalue weighted by Gasteiger charge is 2.29. The fourth-order valence-corrected chi connectivity index (χ4v) is 3.72. The Kier molecular flexibility index (Phi) is 4.57. The maximum atomic E-state index is 13.9. The zero-order valence-corrected chi connectivity index (χ0v) is 15.8. The minimum atomic E-state index is -0.854. The molecule has 7 nitrogen and oxygen atoms in total. The lowest BCUT2D eigenvalue weighted by Gasteiger charge is -2.30. The van der Waals surface area contributed by atoms with Gasteiger partial charge in [-0.05, 0) is 43.2 Å². The number of carbonyl (C=O) groups excluding carboxylic acids is 1. The van der Waals surface area contributed by atoms with Gasteiger partial charge >= 0.3 is 0 Å². The van der Waals surface area contributed by atoms with Gasteiger partial charge in [0.05, 0.1) is 5.56 Å². The van der Waals surface area contributed by atoms with Crippen molar-refractivity contribution in [1.29, 1.82) is 0 Å². The normalized spacial score (nSPS) is 16.1. The number of piperidine rings is 1. The maximum absolute atomic E-state index is 13.9. The number of fused-ring (bicyclic) bond motifs is 1.